The third-order valence-electron chi connectivity index (χ3n) is 3.79. The third kappa shape index (κ3) is 4.00. The maximum atomic E-state index is 3.76. The first-order chi connectivity index (χ1) is 6.95. The molecule has 2 aliphatic carbocycles. The van der Waals surface area contributed by atoms with Gasteiger partial charge in [0.2, 0.25) is 0 Å². The average molecular weight is 195 g/mol. The van der Waals surface area contributed by atoms with E-state index in [1.165, 1.54) is 70.8 Å². The Bertz CT molecular complexity index is 143. The van der Waals surface area contributed by atoms with Gasteiger partial charge in [-0.2, -0.15) is 0 Å². The van der Waals surface area contributed by atoms with Crippen LogP contribution in [0, 0.1) is 5.92 Å². The highest BCUT2D eigenvalue weighted by Crippen LogP contribution is 2.31. The highest BCUT2D eigenvalue weighted by molar-refractivity contribution is 4.76. The molecule has 1 N–H and O–H groups in total. The SMILES string of the molecule is C1CCCC(NCCC2CC2)CCC1. The quantitative estimate of drug-likeness (QED) is 0.724. The van der Waals surface area contributed by atoms with Gasteiger partial charge < -0.3 is 5.32 Å². The van der Waals surface area contributed by atoms with E-state index in [-0.39, 0.29) is 0 Å². The van der Waals surface area contributed by atoms with Crippen molar-refractivity contribution in [1.29, 1.82) is 0 Å². The van der Waals surface area contributed by atoms with Gasteiger partial charge in [-0.05, 0) is 31.7 Å². The summed E-state index contributed by atoms with van der Waals surface area (Å²) in [6, 6.07) is 0.856. The summed E-state index contributed by atoms with van der Waals surface area (Å²) in [5.41, 5.74) is 0. The second kappa shape index (κ2) is 5.75. The maximum absolute atomic E-state index is 3.76. The molecular formula is C13H25N. The van der Waals surface area contributed by atoms with Crippen molar-refractivity contribution in [1.82, 2.24) is 5.32 Å². The Morgan fingerprint density at radius 3 is 2.07 bits per heavy atom. The molecule has 0 aromatic heterocycles. The zero-order chi connectivity index (χ0) is 9.64. The molecule has 0 aromatic carbocycles. The largest absolute Gasteiger partial charge is 0.314 e. The Morgan fingerprint density at radius 1 is 0.786 bits per heavy atom. The summed E-state index contributed by atoms with van der Waals surface area (Å²) in [7, 11) is 0. The van der Waals surface area contributed by atoms with Crippen molar-refractivity contribution < 1.29 is 0 Å². The lowest BCUT2D eigenvalue weighted by molar-refractivity contribution is 0.385. The fraction of sp³-hybridized carbons (Fsp3) is 1.00. The molecule has 1 nitrogen and oxygen atoms in total. The molecule has 14 heavy (non-hydrogen) atoms. The lowest BCUT2D eigenvalue weighted by atomic mass is 9.96. The zero-order valence-corrected chi connectivity index (χ0v) is 9.43. The van der Waals surface area contributed by atoms with Crippen LogP contribution in [0.15, 0.2) is 0 Å². The molecule has 0 saturated heterocycles. The molecule has 2 fully saturated rings. The van der Waals surface area contributed by atoms with Crippen LogP contribution in [0.4, 0.5) is 0 Å². The van der Waals surface area contributed by atoms with E-state index in [0.29, 0.717) is 0 Å². The lowest BCUT2D eigenvalue weighted by Gasteiger charge is -2.20. The Morgan fingerprint density at radius 2 is 1.43 bits per heavy atom. The van der Waals surface area contributed by atoms with Crippen molar-refractivity contribution in [3.8, 4) is 0 Å². The number of rotatable bonds is 4. The molecule has 2 rings (SSSR count). The van der Waals surface area contributed by atoms with Crippen LogP contribution < -0.4 is 5.32 Å². The third-order valence-corrected chi connectivity index (χ3v) is 3.79. The molecule has 2 aliphatic rings. The van der Waals surface area contributed by atoms with Crippen LogP contribution in [0.1, 0.15) is 64.2 Å². The first kappa shape index (κ1) is 10.5. The second-order valence-corrected chi connectivity index (χ2v) is 5.23. The highest BCUT2D eigenvalue weighted by Gasteiger charge is 2.20. The molecule has 0 spiro atoms. The summed E-state index contributed by atoms with van der Waals surface area (Å²) in [6.07, 6.45) is 14.7. The molecule has 0 aliphatic heterocycles. The van der Waals surface area contributed by atoms with E-state index < -0.39 is 0 Å². The van der Waals surface area contributed by atoms with E-state index in [9.17, 15) is 0 Å². The van der Waals surface area contributed by atoms with Crippen molar-refractivity contribution in [2.45, 2.75) is 70.3 Å². The Balaban J connectivity index is 1.56. The van der Waals surface area contributed by atoms with Crippen LogP contribution in [0.5, 0.6) is 0 Å². The molecule has 0 radical (unpaired) electrons. The van der Waals surface area contributed by atoms with E-state index in [1.807, 2.05) is 0 Å². The number of nitrogens with one attached hydrogen (secondary N) is 1. The van der Waals surface area contributed by atoms with Crippen LogP contribution in [0.25, 0.3) is 0 Å². The minimum absolute atomic E-state index is 0.856. The minimum Gasteiger partial charge on any atom is -0.314 e. The van der Waals surface area contributed by atoms with Crippen LogP contribution in [0.2, 0.25) is 0 Å². The average Bonchev–Trinajstić information content (AvgIpc) is 2.92. The van der Waals surface area contributed by atoms with E-state index in [0.717, 1.165) is 12.0 Å². The fourth-order valence-corrected chi connectivity index (χ4v) is 2.56. The normalized spacial score (nSPS) is 25.7. The van der Waals surface area contributed by atoms with Gasteiger partial charge in [-0.3, -0.25) is 0 Å². The molecule has 0 aromatic rings. The van der Waals surface area contributed by atoms with E-state index >= 15 is 0 Å². The molecule has 1 heteroatoms. The van der Waals surface area contributed by atoms with Crippen molar-refractivity contribution in [3.63, 3.8) is 0 Å². The van der Waals surface area contributed by atoms with Gasteiger partial charge in [0.25, 0.3) is 0 Å². The van der Waals surface area contributed by atoms with E-state index in [2.05, 4.69) is 5.32 Å². The Kier molecular flexibility index (Phi) is 4.30. The topological polar surface area (TPSA) is 12.0 Å². The van der Waals surface area contributed by atoms with Crippen LogP contribution in [0.3, 0.4) is 0 Å². The molecular weight excluding hydrogens is 170 g/mol. The molecule has 82 valence electrons. The van der Waals surface area contributed by atoms with Gasteiger partial charge in [0.15, 0.2) is 0 Å². The molecule has 0 unspecified atom stereocenters. The van der Waals surface area contributed by atoms with Gasteiger partial charge in [0.1, 0.15) is 0 Å². The summed E-state index contributed by atoms with van der Waals surface area (Å²) in [5.74, 6) is 1.09. The Hall–Kier alpha value is -0.0400. The smallest absolute Gasteiger partial charge is 0.00670 e. The first-order valence-corrected chi connectivity index (χ1v) is 6.68. The molecule has 0 amide bonds. The first-order valence-electron chi connectivity index (χ1n) is 6.68. The van der Waals surface area contributed by atoms with Crippen molar-refractivity contribution in [3.05, 3.63) is 0 Å². The second-order valence-electron chi connectivity index (χ2n) is 5.23. The predicted molar refractivity (Wildman–Crippen MR) is 61.5 cm³/mol. The van der Waals surface area contributed by atoms with Gasteiger partial charge in [0.05, 0.1) is 0 Å². The van der Waals surface area contributed by atoms with Crippen LogP contribution in [-0.4, -0.2) is 12.6 Å². The van der Waals surface area contributed by atoms with Crippen molar-refractivity contribution in [2.24, 2.45) is 5.92 Å². The summed E-state index contributed by atoms with van der Waals surface area (Å²) in [5, 5.41) is 3.76. The summed E-state index contributed by atoms with van der Waals surface area (Å²) in [4.78, 5) is 0. The van der Waals surface area contributed by atoms with E-state index in [4.69, 9.17) is 0 Å². The fourth-order valence-electron chi connectivity index (χ4n) is 2.56. The Labute approximate surface area is 88.7 Å². The molecule has 0 bridgehead atoms. The lowest BCUT2D eigenvalue weighted by Crippen LogP contribution is -2.30. The van der Waals surface area contributed by atoms with Gasteiger partial charge in [0, 0.05) is 6.04 Å². The minimum atomic E-state index is 0.856. The van der Waals surface area contributed by atoms with Crippen LogP contribution in [-0.2, 0) is 0 Å². The van der Waals surface area contributed by atoms with Gasteiger partial charge >= 0.3 is 0 Å². The van der Waals surface area contributed by atoms with Crippen molar-refractivity contribution >= 4 is 0 Å². The number of hydrogen-bond acceptors (Lipinski definition) is 1. The van der Waals surface area contributed by atoms with Crippen LogP contribution >= 0.6 is 0 Å². The molecule has 0 heterocycles. The monoisotopic (exact) mass is 195 g/mol. The maximum Gasteiger partial charge on any atom is 0.00670 e. The summed E-state index contributed by atoms with van der Waals surface area (Å²) < 4.78 is 0. The van der Waals surface area contributed by atoms with Gasteiger partial charge in [-0.25, -0.2) is 0 Å². The van der Waals surface area contributed by atoms with Gasteiger partial charge in [-0.15, -0.1) is 0 Å². The van der Waals surface area contributed by atoms with Gasteiger partial charge in [-0.1, -0.05) is 44.9 Å². The summed E-state index contributed by atoms with van der Waals surface area (Å²) in [6.45, 7) is 1.29. The highest BCUT2D eigenvalue weighted by atomic mass is 14.9. The van der Waals surface area contributed by atoms with E-state index in [1.54, 1.807) is 0 Å². The zero-order valence-electron chi connectivity index (χ0n) is 9.43. The van der Waals surface area contributed by atoms with Crippen molar-refractivity contribution in [2.75, 3.05) is 6.54 Å². The molecule has 2 saturated carbocycles. The number of hydrogen-bond donors (Lipinski definition) is 1. The molecule has 0 atom stereocenters. The standard InChI is InChI=1S/C13H25N/c1-2-4-6-13(7-5-3-1)14-11-10-12-8-9-12/h12-14H,1-11H2. The predicted octanol–water partition coefficient (Wildman–Crippen LogP) is 3.49. The summed E-state index contributed by atoms with van der Waals surface area (Å²) >= 11 is 0.